The number of thiol groups is 1. The van der Waals surface area contributed by atoms with Crippen molar-refractivity contribution in [3.63, 3.8) is 0 Å². The average Bonchev–Trinajstić information content (AvgIpc) is 1.78. The van der Waals surface area contributed by atoms with Crippen molar-refractivity contribution < 1.29 is 64.9 Å². The first-order valence-corrected chi connectivity index (χ1v) is 36.1. The quantitative estimate of drug-likeness (QED) is 0.0362. The highest BCUT2D eigenvalue weighted by Gasteiger charge is 2.28. The number of esters is 2. The number of benzene rings is 6. The number of ether oxygens (including phenoxy) is 4. The molecule has 5 N–H and O–H groups in total. The minimum Gasteiger partial charge on any atom is -0.478 e. The lowest BCUT2D eigenvalue weighted by molar-refractivity contribution is 0.00568. The Labute approximate surface area is 597 Å². The lowest BCUT2D eigenvalue weighted by atomic mass is 10.0. The monoisotopic (exact) mass is 1520 g/mol. The Hall–Kier alpha value is -7.86. The number of hydrogen-bond donors (Lipinski definition) is 5. The van der Waals surface area contributed by atoms with Crippen LogP contribution in [0.5, 0.6) is 0 Å². The second-order valence-electron chi connectivity index (χ2n) is 24.8. The van der Waals surface area contributed by atoms with Gasteiger partial charge in [-0.2, -0.15) is 0 Å². The van der Waals surface area contributed by atoms with Crippen LogP contribution in [-0.2, 0) is 58.3 Å². The maximum atomic E-state index is 13.5. The van der Waals surface area contributed by atoms with E-state index in [4.69, 9.17) is 24.7 Å². The zero-order chi connectivity index (χ0) is 71.0. The summed E-state index contributed by atoms with van der Waals surface area (Å²) >= 11 is 11.1. The van der Waals surface area contributed by atoms with Crippen LogP contribution < -0.4 is 16.4 Å². The summed E-state index contributed by atoms with van der Waals surface area (Å²) in [5.74, 6) is -2.14. The van der Waals surface area contributed by atoms with Gasteiger partial charge in [0, 0.05) is 11.4 Å². The predicted molar refractivity (Wildman–Crippen MR) is 386 cm³/mol. The van der Waals surface area contributed by atoms with Gasteiger partial charge in [0.25, 0.3) is 0 Å². The van der Waals surface area contributed by atoms with E-state index >= 15 is 0 Å². The van der Waals surface area contributed by atoms with Gasteiger partial charge in [0.2, 0.25) is 19.7 Å². The predicted octanol–water partition coefficient (Wildman–Crippen LogP) is 16.4. The number of nitrogens with zero attached hydrogens (tertiary/aromatic N) is 3. The Kier molecular flexibility index (Phi) is 28.4. The number of hydrogen-bond acceptors (Lipinski definition) is 21. The summed E-state index contributed by atoms with van der Waals surface area (Å²) in [6.07, 6.45) is 3.15. The highest BCUT2D eigenvalue weighted by Crippen LogP contribution is 2.34. The molecule has 0 unspecified atom stereocenters. The molecule has 516 valence electrons. The standard InChI is InChI=1S/C26H30N2O6S2.C17H14N2O4S2.C17H18O2S.C9H13BrN2O2S.ClH/c1-25(2,3)33-23(29)19-12-18(17-10-8-7-9-11-17)13-20(14-19)36(31,32)22-16-27-21(35-22)15-28-24(30)34-26(4,5)6;18-9-15-19-10-16(24-15)25(22,23)14-7-12(6-13(8-14)17(20)21)11-4-2-1-3-5-11;1-17(2,3)19-16(18)14-9-13(10-15(20)11-14)12-7-5-4-6-8-12;1-9(2,3)14-8(13)12-5-7-11-4-6(10)15-7;/h7-14,16H,15H2,1-6H3,(H,28,30);1-8,10H,9,18H2,(H,20,21);4-11,20H,1-3H3;4H,5H2,1-3H3,(H,12,13);1H. The number of aromatic nitrogens is 3. The summed E-state index contributed by atoms with van der Waals surface area (Å²) in [5, 5.41) is 16.3. The van der Waals surface area contributed by atoms with E-state index in [1.165, 1.54) is 48.0 Å². The molecule has 0 radical (unpaired) electrons. The van der Waals surface area contributed by atoms with Gasteiger partial charge in [0.05, 0.1) is 61.9 Å². The molecule has 28 heteroatoms. The van der Waals surface area contributed by atoms with Gasteiger partial charge in [0.15, 0.2) is 0 Å². The molecule has 2 amide bonds. The number of halogens is 2. The van der Waals surface area contributed by atoms with Crippen LogP contribution in [-0.4, -0.2) is 89.4 Å². The number of carbonyl (C=O) groups is 5. The molecule has 9 aromatic rings. The van der Waals surface area contributed by atoms with Crippen molar-refractivity contribution in [2.45, 2.75) is 148 Å². The lowest BCUT2D eigenvalue weighted by Crippen LogP contribution is -2.32. The van der Waals surface area contributed by atoms with Crippen LogP contribution in [0.2, 0.25) is 0 Å². The van der Waals surface area contributed by atoms with Crippen molar-refractivity contribution in [1.29, 1.82) is 0 Å². The fraction of sp³-hybridized carbons (Fsp3) is 0.275. The normalized spacial score (nSPS) is 11.5. The zero-order valence-electron chi connectivity index (χ0n) is 55.2. The Morgan fingerprint density at radius 3 is 1.18 bits per heavy atom. The van der Waals surface area contributed by atoms with Crippen molar-refractivity contribution in [3.8, 4) is 33.4 Å². The molecular formula is C69H76BrClN6O14S6. The number of rotatable bonds is 15. The molecule has 0 bridgehead atoms. The van der Waals surface area contributed by atoms with Crippen molar-refractivity contribution in [2.75, 3.05) is 0 Å². The maximum absolute atomic E-state index is 13.5. The molecule has 0 saturated carbocycles. The first kappa shape index (κ1) is 79.8. The first-order valence-electron chi connectivity index (χ1n) is 29.4. The number of carbonyl (C=O) groups excluding carboxylic acids is 4. The Morgan fingerprint density at radius 2 is 0.814 bits per heavy atom. The topological polar surface area (TPSA) is 300 Å². The van der Waals surface area contributed by atoms with E-state index < -0.39 is 66.2 Å². The Morgan fingerprint density at radius 1 is 0.474 bits per heavy atom. The van der Waals surface area contributed by atoms with E-state index in [0.717, 1.165) is 64.7 Å². The highest BCUT2D eigenvalue weighted by molar-refractivity contribution is 9.11. The van der Waals surface area contributed by atoms with Gasteiger partial charge in [-0.1, -0.05) is 91.0 Å². The van der Waals surface area contributed by atoms with E-state index in [1.807, 2.05) is 120 Å². The van der Waals surface area contributed by atoms with Gasteiger partial charge in [-0.25, -0.2) is 55.8 Å². The summed E-state index contributed by atoms with van der Waals surface area (Å²) < 4.78 is 74.9. The van der Waals surface area contributed by atoms with E-state index in [1.54, 1.807) is 84.1 Å². The van der Waals surface area contributed by atoms with Gasteiger partial charge in [-0.05, 0) is 187 Å². The maximum Gasteiger partial charge on any atom is 0.408 e. The van der Waals surface area contributed by atoms with E-state index in [9.17, 15) is 45.9 Å². The molecule has 0 aliphatic rings. The summed E-state index contributed by atoms with van der Waals surface area (Å²) in [6.45, 7) is 22.1. The van der Waals surface area contributed by atoms with Crippen molar-refractivity contribution in [2.24, 2.45) is 5.73 Å². The molecule has 0 saturated heterocycles. The fourth-order valence-electron chi connectivity index (χ4n) is 8.08. The number of aromatic carboxylic acids is 1. The average molecular weight is 1520 g/mol. The van der Waals surface area contributed by atoms with E-state index in [0.29, 0.717) is 33.3 Å². The molecule has 6 aromatic carbocycles. The molecule has 0 fully saturated rings. The fourth-order valence-corrected chi connectivity index (χ4v) is 14.7. The van der Waals surface area contributed by atoms with Gasteiger partial charge in [0.1, 0.15) is 45.8 Å². The Balaban J connectivity index is 0.000000245. The van der Waals surface area contributed by atoms with Crippen molar-refractivity contribution in [1.82, 2.24) is 25.6 Å². The van der Waals surface area contributed by atoms with E-state index in [-0.39, 0.29) is 60.8 Å². The number of nitrogens with one attached hydrogen (secondary N) is 2. The number of carboxylic acids is 1. The number of sulfone groups is 2. The Bertz CT molecular complexity index is 4410. The third-order valence-corrected chi connectivity index (χ3v) is 20.2. The van der Waals surface area contributed by atoms with Crippen LogP contribution in [0, 0.1) is 0 Å². The van der Waals surface area contributed by atoms with Crippen LogP contribution >= 0.6 is 75.0 Å². The molecule has 0 aliphatic heterocycles. The third-order valence-electron chi connectivity index (χ3n) is 12.0. The summed E-state index contributed by atoms with van der Waals surface area (Å²) in [4.78, 5) is 72.4. The van der Waals surface area contributed by atoms with Gasteiger partial charge in [-0.15, -0.1) is 59.0 Å². The molecule has 3 aromatic heterocycles. The largest absolute Gasteiger partial charge is 0.478 e. The summed E-state index contributed by atoms with van der Waals surface area (Å²) in [7, 11) is -7.89. The molecule has 0 aliphatic carbocycles. The zero-order valence-corrected chi connectivity index (χ0v) is 62.5. The molecule has 0 atom stereocenters. The second kappa shape index (κ2) is 34.6. The van der Waals surface area contributed by atoms with Crippen molar-refractivity contribution in [3.05, 3.63) is 200 Å². The van der Waals surface area contributed by atoms with Crippen LogP contribution in [0.15, 0.2) is 191 Å². The van der Waals surface area contributed by atoms with Crippen LogP contribution in [0.25, 0.3) is 33.4 Å². The number of nitrogens with two attached hydrogens (primary N) is 1. The molecule has 9 rings (SSSR count). The summed E-state index contributed by atoms with van der Waals surface area (Å²) in [6, 6.07) is 42.1. The number of thiazole rings is 3. The van der Waals surface area contributed by atoms with Crippen LogP contribution in [0.3, 0.4) is 0 Å². The van der Waals surface area contributed by atoms with Gasteiger partial charge in [-0.3, -0.25) is 0 Å². The van der Waals surface area contributed by atoms with Crippen LogP contribution in [0.4, 0.5) is 9.59 Å². The molecule has 3 heterocycles. The SMILES string of the molecule is CC(C)(C)OC(=O)NCc1ncc(Br)s1.CC(C)(C)OC(=O)NCc1ncc(S(=O)(=O)c2cc(C(=O)OC(C)(C)C)cc(-c3ccccc3)c2)s1.CC(C)(C)OC(=O)c1cc(S)cc(-c2ccccc2)c1.Cl.NCc1ncc(S(=O)(=O)c2cc(C(=O)O)cc(-c3ccccc3)c2)s1. The first-order chi connectivity index (χ1) is 44.8. The molecular weight excluding hydrogens is 1440 g/mol. The van der Waals surface area contributed by atoms with E-state index in [2.05, 4.69) is 54.1 Å². The minimum atomic E-state index is -4.01. The van der Waals surface area contributed by atoms with Gasteiger partial charge >= 0.3 is 30.1 Å². The van der Waals surface area contributed by atoms with Gasteiger partial charge < -0.3 is 40.4 Å². The number of alkyl carbamates (subject to hydrolysis) is 2. The highest BCUT2D eigenvalue weighted by atomic mass is 79.9. The number of carboxylic acid groups (broad SMARTS) is 1. The van der Waals surface area contributed by atoms with Crippen LogP contribution in [0.1, 0.15) is 129 Å². The number of amides is 2. The lowest BCUT2D eigenvalue weighted by Gasteiger charge is -2.20. The molecule has 20 nitrogen and oxygen atoms in total. The minimum absolute atomic E-state index is 0. The second-order valence-corrected chi connectivity index (χ2v) is 34.4. The molecule has 0 spiro atoms. The smallest absolute Gasteiger partial charge is 0.408 e. The third kappa shape index (κ3) is 25.8. The summed E-state index contributed by atoms with van der Waals surface area (Å²) in [5.41, 5.74) is 8.24. The van der Waals surface area contributed by atoms with Crippen molar-refractivity contribution >= 4 is 125 Å². The molecule has 97 heavy (non-hydrogen) atoms.